The highest BCUT2D eigenvalue weighted by Gasteiger charge is 2.17. The van der Waals surface area contributed by atoms with Gasteiger partial charge in [-0.2, -0.15) is 4.98 Å². The zero-order chi connectivity index (χ0) is 13.8. The zero-order valence-corrected chi connectivity index (χ0v) is 9.95. The molecule has 0 unspecified atom stereocenters. The summed E-state index contributed by atoms with van der Waals surface area (Å²) in [7, 11) is 0. The molecule has 8 nitrogen and oxygen atoms in total. The lowest BCUT2D eigenvalue weighted by Gasteiger charge is -2.04. The first-order valence-electron chi connectivity index (χ1n) is 5.33. The Morgan fingerprint density at radius 2 is 2.26 bits per heavy atom. The van der Waals surface area contributed by atoms with Crippen molar-refractivity contribution in [2.45, 2.75) is 13.5 Å². The Morgan fingerprint density at radius 3 is 2.89 bits per heavy atom. The van der Waals surface area contributed by atoms with E-state index in [4.69, 9.17) is 9.63 Å². The van der Waals surface area contributed by atoms with Crippen molar-refractivity contribution in [3.63, 3.8) is 0 Å². The Hall–Kier alpha value is -2.77. The molecule has 2 heterocycles. The van der Waals surface area contributed by atoms with Crippen molar-refractivity contribution in [2.24, 2.45) is 0 Å². The molecule has 0 aromatic carbocycles. The highest BCUT2D eigenvalue weighted by molar-refractivity contribution is 6.03. The summed E-state index contributed by atoms with van der Waals surface area (Å²) in [6, 6.07) is 2.75. The number of carbonyl (C=O) groups is 2. The van der Waals surface area contributed by atoms with Gasteiger partial charge in [0.15, 0.2) is 5.82 Å². The number of carboxylic acid groups (broad SMARTS) is 1. The lowest BCUT2D eigenvalue weighted by atomic mass is 10.2. The van der Waals surface area contributed by atoms with E-state index < -0.39 is 11.9 Å². The normalized spacial score (nSPS) is 10.2. The average Bonchev–Trinajstić information content (AvgIpc) is 2.81. The van der Waals surface area contributed by atoms with Gasteiger partial charge in [0.1, 0.15) is 5.69 Å². The maximum Gasteiger partial charge on any atom is 0.338 e. The van der Waals surface area contributed by atoms with Crippen molar-refractivity contribution in [2.75, 3.05) is 0 Å². The Balaban J connectivity index is 2.10. The fourth-order valence-electron chi connectivity index (χ4n) is 1.41. The molecule has 8 heteroatoms. The van der Waals surface area contributed by atoms with E-state index in [0.717, 1.165) is 0 Å². The van der Waals surface area contributed by atoms with E-state index in [9.17, 15) is 9.59 Å². The Bertz CT molecular complexity index is 623. The summed E-state index contributed by atoms with van der Waals surface area (Å²) in [5.74, 6) is -1.15. The van der Waals surface area contributed by atoms with E-state index in [1.165, 1.54) is 18.3 Å². The molecule has 0 saturated carbocycles. The topological polar surface area (TPSA) is 118 Å². The molecule has 19 heavy (non-hydrogen) atoms. The van der Waals surface area contributed by atoms with Gasteiger partial charge in [-0.1, -0.05) is 5.16 Å². The molecule has 0 fully saturated rings. The maximum absolute atomic E-state index is 11.8. The monoisotopic (exact) mass is 262 g/mol. The molecule has 0 aliphatic carbocycles. The molecule has 0 bridgehead atoms. The third kappa shape index (κ3) is 2.92. The zero-order valence-electron chi connectivity index (χ0n) is 9.95. The van der Waals surface area contributed by atoms with Gasteiger partial charge < -0.3 is 14.9 Å². The highest BCUT2D eigenvalue weighted by atomic mass is 16.5. The van der Waals surface area contributed by atoms with E-state index in [0.29, 0.717) is 5.82 Å². The number of aryl methyl sites for hydroxylation is 1. The third-order valence-corrected chi connectivity index (χ3v) is 2.22. The van der Waals surface area contributed by atoms with Crippen LogP contribution in [0.25, 0.3) is 0 Å². The van der Waals surface area contributed by atoms with Gasteiger partial charge in [0.25, 0.3) is 5.91 Å². The standard InChI is InChI=1S/C11H10N4O4/c1-6-14-8(19-15-6)5-13-10(16)9-7(11(17)18)3-2-4-12-9/h2-4H,5H2,1H3,(H,13,16)(H,17,18). The maximum atomic E-state index is 11.8. The van der Waals surface area contributed by atoms with Crippen LogP contribution in [0.1, 0.15) is 32.6 Å². The number of carbonyl (C=O) groups excluding carboxylic acids is 1. The molecular formula is C11H10N4O4. The largest absolute Gasteiger partial charge is 0.478 e. The van der Waals surface area contributed by atoms with E-state index in [1.807, 2.05) is 0 Å². The number of amides is 1. The molecule has 0 radical (unpaired) electrons. The van der Waals surface area contributed by atoms with E-state index in [2.05, 4.69) is 20.4 Å². The quantitative estimate of drug-likeness (QED) is 0.818. The summed E-state index contributed by atoms with van der Waals surface area (Å²) < 4.78 is 4.82. The molecule has 2 rings (SSSR count). The molecule has 98 valence electrons. The van der Waals surface area contributed by atoms with Crippen LogP contribution in [-0.4, -0.2) is 32.1 Å². The summed E-state index contributed by atoms with van der Waals surface area (Å²) in [4.78, 5) is 30.4. The molecule has 0 aliphatic heterocycles. The Labute approximate surface area is 107 Å². The minimum Gasteiger partial charge on any atom is -0.478 e. The van der Waals surface area contributed by atoms with Crippen LogP contribution in [0.2, 0.25) is 0 Å². The minimum atomic E-state index is -1.22. The van der Waals surface area contributed by atoms with Crippen molar-refractivity contribution in [1.82, 2.24) is 20.4 Å². The van der Waals surface area contributed by atoms with Gasteiger partial charge in [-0.05, 0) is 19.1 Å². The van der Waals surface area contributed by atoms with Crippen molar-refractivity contribution in [3.8, 4) is 0 Å². The van der Waals surface area contributed by atoms with Crippen LogP contribution in [0.4, 0.5) is 0 Å². The molecular weight excluding hydrogens is 252 g/mol. The molecule has 0 spiro atoms. The second-order valence-electron chi connectivity index (χ2n) is 3.62. The highest BCUT2D eigenvalue weighted by Crippen LogP contribution is 2.05. The lowest BCUT2D eigenvalue weighted by Crippen LogP contribution is -2.26. The SMILES string of the molecule is Cc1noc(CNC(=O)c2ncccc2C(=O)O)n1. The van der Waals surface area contributed by atoms with E-state index >= 15 is 0 Å². The lowest BCUT2D eigenvalue weighted by molar-refractivity contribution is 0.0690. The van der Waals surface area contributed by atoms with E-state index in [-0.39, 0.29) is 23.7 Å². The summed E-state index contributed by atoms with van der Waals surface area (Å²) in [5.41, 5.74) is -0.326. The predicted octanol–water partition coefficient (Wildman–Crippen LogP) is 0.401. The number of rotatable bonds is 4. The first kappa shape index (κ1) is 12.7. The van der Waals surface area contributed by atoms with Gasteiger partial charge in [-0.15, -0.1) is 0 Å². The molecule has 0 aliphatic rings. The van der Waals surface area contributed by atoms with Crippen molar-refractivity contribution >= 4 is 11.9 Å². The fourth-order valence-corrected chi connectivity index (χ4v) is 1.41. The Kier molecular flexibility index (Phi) is 3.51. The number of nitrogens with zero attached hydrogens (tertiary/aromatic N) is 3. The van der Waals surface area contributed by atoms with Crippen LogP contribution < -0.4 is 5.32 Å². The second-order valence-corrected chi connectivity index (χ2v) is 3.62. The van der Waals surface area contributed by atoms with Gasteiger partial charge in [0, 0.05) is 6.20 Å². The van der Waals surface area contributed by atoms with Gasteiger partial charge >= 0.3 is 5.97 Å². The van der Waals surface area contributed by atoms with Crippen LogP contribution >= 0.6 is 0 Å². The van der Waals surface area contributed by atoms with Crippen LogP contribution in [0, 0.1) is 6.92 Å². The predicted molar refractivity (Wildman–Crippen MR) is 61.4 cm³/mol. The van der Waals surface area contributed by atoms with Crippen LogP contribution in [0.3, 0.4) is 0 Å². The van der Waals surface area contributed by atoms with E-state index in [1.54, 1.807) is 6.92 Å². The molecule has 2 aromatic heterocycles. The first-order chi connectivity index (χ1) is 9.08. The van der Waals surface area contributed by atoms with Gasteiger partial charge in [-0.25, -0.2) is 4.79 Å². The molecule has 2 N–H and O–H groups in total. The second kappa shape index (κ2) is 5.25. The number of aromatic nitrogens is 3. The van der Waals surface area contributed by atoms with Gasteiger partial charge in [0.05, 0.1) is 12.1 Å². The van der Waals surface area contributed by atoms with Crippen LogP contribution in [-0.2, 0) is 6.54 Å². The Morgan fingerprint density at radius 1 is 1.47 bits per heavy atom. The number of carboxylic acids is 1. The average molecular weight is 262 g/mol. The van der Waals surface area contributed by atoms with Crippen molar-refractivity contribution in [3.05, 3.63) is 41.3 Å². The van der Waals surface area contributed by atoms with Crippen LogP contribution in [0.5, 0.6) is 0 Å². The summed E-state index contributed by atoms with van der Waals surface area (Å²) in [5, 5.41) is 15.0. The number of nitrogens with one attached hydrogen (secondary N) is 1. The summed E-state index contributed by atoms with van der Waals surface area (Å²) in [6.07, 6.45) is 1.35. The third-order valence-electron chi connectivity index (χ3n) is 2.22. The molecule has 0 atom stereocenters. The smallest absolute Gasteiger partial charge is 0.338 e. The molecule has 1 amide bonds. The number of aromatic carboxylic acids is 1. The number of hydrogen-bond acceptors (Lipinski definition) is 6. The van der Waals surface area contributed by atoms with Crippen LogP contribution in [0.15, 0.2) is 22.9 Å². The number of pyridine rings is 1. The van der Waals surface area contributed by atoms with Gasteiger partial charge in [-0.3, -0.25) is 9.78 Å². The van der Waals surface area contributed by atoms with Crippen molar-refractivity contribution in [1.29, 1.82) is 0 Å². The van der Waals surface area contributed by atoms with Gasteiger partial charge in [0.2, 0.25) is 5.89 Å². The number of hydrogen-bond donors (Lipinski definition) is 2. The van der Waals surface area contributed by atoms with Crippen molar-refractivity contribution < 1.29 is 19.2 Å². The summed E-state index contributed by atoms with van der Waals surface area (Å²) in [6.45, 7) is 1.66. The minimum absolute atomic E-state index is 0.00923. The first-order valence-corrected chi connectivity index (χ1v) is 5.33. The fraction of sp³-hybridized carbons (Fsp3) is 0.182. The molecule has 2 aromatic rings. The summed E-state index contributed by atoms with van der Waals surface area (Å²) >= 11 is 0. The molecule has 0 saturated heterocycles.